The van der Waals surface area contributed by atoms with Crippen molar-refractivity contribution in [3.05, 3.63) is 11.8 Å². The van der Waals surface area contributed by atoms with Gasteiger partial charge >= 0.3 is 0 Å². The summed E-state index contributed by atoms with van der Waals surface area (Å²) in [6.07, 6.45) is 3.71. The lowest BCUT2D eigenvalue weighted by molar-refractivity contribution is -0.151. The Hall–Kier alpha value is -0.123. The second kappa shape index (κ2) is 4.63. The summed E-state index contributed by atoms with van der Waals surface area (Å²) in [6.45, 7) is 13.2. The summed E-state index contributed by atoms with van der Waals surface area (Å²) in [5, 5.41) is 1.48. The zero-order valence-electron chi connectivity index (χ0n) is 10.8. The predicted molar refractivity (Wildman–Crippen MR) is 69.0 cm³/mol. The second-order valence-corrected chi connectivity index (χ2v) is 11.4. The number of hydrogen-bond acceptors (Lipinski definition) is 2. The Kier molecular flexibility index (Phi) is 3.57. The Labute approximate surface area is 100 Å². The lowest BCUT2D eigenvalue weighted by Crippen LogP contribution is -2.31. The molecule has 2 aliphatic heterocycles. The van der Waals surface area contributed by atoms with Gasteiger partial charge in [0, 0.05) is 12.5 Å². The van der Waals surface area contributed by atoms with E-state index in [1.165, 1.54) is 18.0 Å². The minimum atomic E-state index is -1.18. The van der Waals surface area contributed by atoms with Gasteiger partial charge in [-0.25, -0.2) is 0 Å². The van der Waals surface area contributed by atoms with Gasteiger partial charge in [-0.3, -0.25) is 0 Å². The van der Waals surface area contributed by atoms with Gasteiger partial charge < -0.3 is 9.47 Å². The highest BCUT2D eigenvalue weighted by atomic mass is 28.3. The first-order chi connectivity index (χ1) is 7.48. The van der Waals surface area contributed by atoms with Crippen molar-refractivity contribution in [3.63, 3.8) is 0 Å². The fraction of sp³-hybridized carbons (Fsp3) is 0.846. The molecule has 0 saturated carbocycles. The van der Waals surface area contributed by atoms with Crippen LogP contribution in [0.3, 0.4) is 0 Å². The maximum Gasteiger partial charge on any atom is 0.160 e. The van der Waals surface area contributed by atoms with Crippen LogP contribution in [0, 0.1) is 11.8 Å². The molecule has 0 spiro atoms. The van der Waals surface area contributed by atoms with Crippen molar-refractivity contribution in [1.29, 1.82) is 0 Å². The fourth-order valence-corrected chi connectivity index (χ4v) is 3.46. The van der Waals surface area contributed by atoms with E-state index in [1.54, 1.807) is 0 Å². The summed E-state index contributed by atoms with van der Waals surface area (Å²) < 4.78 is 11.4. The van der Waals surface area contributed by atoms with Crippen LogP contribution in [-0.2, 0) is 9.47 Å². The summed E-state index contributed by atoms with van der Waals surface area (Å²) in [5.41, 5.74) is 0. The van der Waals surface area contributed by atoms with Crippen molar-refractivity contribution in [1.82, 2.24) is 0 Å². The predicted octanol–water partition coefficient (Wildman–Crippen LogP) is 3.21. The number of ether oxygens (including phenoxy) is 2. The van der Waals surface area contributed by atoms with Gasteiger partial charge in [-0.2, -0.15) is 0 Å². The lowest BCUT2D eigenvalue weighted by Gasteiger charge is -2.29. The van der Waals surface area contributed by atoms with Gasteiger partial charge in [0.25, 0.3) is 0 Å². The number of hydrogen-bond donors (Lipinski definition) is 0. The Bertz CT molecular complexity index is 270. The Morgan fingerprint density at radius 3 is 2.75 bits per heavy atom. The monoisotopic (exact) mass is 240 g/mol. The van der Waals surface area contributed by atoms with Gasteiger partial charge in [-0.05, 0) is 25.2 Å². The average Bonchev–Trinajstić information content (AvgIpc) is 2.61. The van der Waals surface area contributed by atoms with Crippen LogP contribution in [0.25, 0.3) is 0 Å². The standard InChI is InChI=1S/C13H24O2Si/c1-10(16(2,3)4)8-11-9-15-13-12(11)6-5-7-14-13/h11-13H,1,5-9H2,2-4H3/t11?,12-,13+/m0/s1. The van der Waals surface area contributed by atoms with Crippen LogP contribution in [0.4, 0.5) is 0 Å². The van der Waals surface area contributed by atoms with Gasteiger partial charge in [0.1, 0.15) is 0 Å². The van der Waals surface area contributed by atoms with Gasteiger partial charge in [-0.15, -0.1) is 6.58 Å². The fourth-order valence-electron chi connectivity index (χ4n) is 2.58. The molecule has 0 radical (unpaired) electrons. The van der Waals surface area contributed by atoms with Gasteiger partial charge in [0.2, 0.25) is 0 Å². The molecule has 0 N–H and O–H groups in total. The molecule has 2 fully saturated rings. The van der Waals surface area contributed by atoms with E-state index in [9.17, 15) is 0 Å². The molecule has 2 heterocycles. The molecular formula is C13H24O2Si. The summed E-state index contributed by atoms with van der Waals surface area (Å²) in [4.78, 5) is 0. The molecule has 2 nitrogen and oxygen atoms in total. The van der Waals surface area contributed by atoms with Crippen LogP contribution in [-0.4, -0.2) is 27.6 Å². The highest BCUT2D eigenvalue weighted by Gasteiger charge is 2.40. The third-order valence-electron chi connectivity index (χ3n) is 3.96. The number of allylic oxidation sites excluding steroid dienone is 1. The molecule has 16 heavy (non-hydrogen) atoms. The maximum atomic E-state index is 5.74. The first-order valence-corrected chi connectivity index (χ1v) is 9.90. The minimum absolute atomic E-state index is 0.0909. The van der Waals surface area contributed by atoms with Gasteiger partial charge in [0.05, 0.1) is 14.7 Å². The molecule has 3 heteroatoms. The van der Waals surface area contributed by atoms with Gasteiger partial charge in [-0.1, -0.05) is 24.8 Å². The Balaban J connectivity index is 1.93. The smallest absolute Gasteiger partial charge is 0.160 e. The highest BCUT2D eigenvalue weighted by Crippen LogP contribution is 2.38. The van der Waals surface area contributed by atoms with E-state index in [0.29, 0.717) is 11.8 Å². The normalized spacial score (nSPS) is 34.8. The third kappa shape index (κ3) is 2.58. The van der Waals surface area contributed by atoms with E-state index < -0.39 is 8.07 Å². The molecule has 1 unspecified atom stereocenters. The Morgan fingerprint density at radius 2 is 2.06 bits per heavy atom. The first kappa shape index (κ1) is 12.3. The zero-order valence-corrected chi connectivity index (χ0v) is 11.8. The van der Waals surface area contributed by atoms with Crippen LogP contribution < -0.4 is 0 Å². The van der Waals surface area contributed by atoms with E-state index in [4.69, 9.17) is 9.47 Å². The van der Waals surface area contributed by atoms with E-state index in [-0.39, 0.29) is 6.29 Å². The lowest BCUT2D eigenvalue weighted by atomic mass is 9.87. The summed E-state index contributed by atoms with van der Waals surface area (Å²) in [7, 11) is -1.18. The largest absolute Gasteiger partial charge is 0.352 e. The van der Waals surface area contributed by atoms with Crippen molar-refractivity contribution in [3.8, 4) is 0 Å². The zero-order chi connectivity index (χ0) is 11.8. The number of rotatable bonds is 3. The van der Waals surface area contributed by atoms with E-state index in [1.807, 2.05) is 0 Å². The molecule has 2 rings (SSSR count). The van der Waals surface area contributed by atoms with Crippen LogP contribution in [0.5, 0.6) is 0 Å². The van der Waals surface area contributed by atoms with Crippen molar-refractivity contribution in [2.75, 3.05) is 13.2 Å². The van der Waals surface area contributed by atoms with E-state index >= 15 is 0 Å². The molecule has 92 valence electrons. The van der Waals surface area contributed by atoms with Crippen molar-refractivity contribution in [2.45, 2.75) is 45.2 Å². The molecular weight excluding hydrogens is 216 g/mol. The first-order valence-electron chi connectivity index (χ1n) is 6.40. The molecule has 0 aromatic rings. The molecule has 2 aliphatic rings. The minimum Gasteiger partial charge on any atom is -0.352 e. The molecule has 0 aromatic carbocycles. The van der Waals surface area contributed by atoms with E-state index in [2.05, 4.69) is 26.2 Å². The van der Waals surface area contributed by atoms with Gasteiger partial charge in [0.15, 0.2) is 6.29 Å². The average molecular weight is 240 g/mol. The molecule has 0 aromatic heterocycles. The van der Waals surface area contributed by atoms with Crippen LogP contribution in [0.1, 0.15) is 19.3 Å². The molecule has 0 bridgehead atoms. The summed E-state index contributed by atoms with van der Waals surface area (Å²) in [6, 6.07) is 0. The van der Waals surface area contributed by atoms with Crippen molar-refractivity contribution < 1.29 is 9.47 Å². The topological polar surface area (TPSA) is 18.5 Å². The molecule has 0 amide bonds. The molecule has 0 aliphatic carbocycles. The number of fused-ring (bicyclic) bond motifs is 1. The van der Waals surface area contributed by atoms with E-state index in [0.717, 1.165) is 19.6 Å². The van der Waals surface area contributed by atoms with Crippen LogP contribution in [0.15, 0.2) is 11.8 Å². The summed E-state index contributed by atoms with van der Waals surface area (Å²) >= 11 is 0. The Morgan fingerprint density at radius 1 is 1.31 bits per heavy atom. The third-order valence-corrected chi connectivity index (χ3v) is 6.29. The highest BCUT2D eigenvalue weighted by molar-refractivity contribution is 6.82. The quantitative estimate of drug-likeness (QED) is 0.705. The second-order valence-electron chi connectivity index (χ2n) is 6.20. The van der Waals surface area contributed by atoms with Crippen LogP contribution in [0.2, 0.25) is 19.6 Å². The molecule has 3 atom stereocenters. The van der Waals surface area contributed by atoms with Crippen LogP contribution >= 0.6 is 0 Å². The van der Waals surface area contributed by atoms with Crippen molar-refractivity contribution in [2.24, 2.45) is 11.8 Å². The van der Waals surface area contributed by atoms with Crippen molar-refractivity contribution >= 4 is 8.07 Å². The SMILES string of the molecule is C=C(CC1CO[C@H]2OCCC[C@@H]12)[Si](C)(C)C. The summed E-state index contributed by atoms with van der Waals surface area (Å²) in [5.74, 6) is 1.28. The molecule has 2 saturated heterocycles. The maximum absolute atomic E-state index is 5.74.